The van der Waals surface area contributed by atoms with Crippen molar-refractivity contribution in [2.45, 2.75) is 57.8 Å². The fourth-order valence-corrected chi connectivity index (χ4v) is 4.22. The third kappa shape index (κ3) is 1.25. The molecule has 3 aliphatic rings. The van der Waals surface area contributed by atoms with Gasteiger partial charge in [0.05, 0.1) is 0 Å². The second-order valence-corrected chi connectivity index (χ2v) is 5.62. The van der Waals surface area contributed by atoms with Crippen LogP contribution in [0.1, 0.15) is 57.8 Å². The van der Waals surface area contributed by atoms with Crippen LogP contribution in [0.2, 0.25) is 0 Å². The zero-order valence-corrected chi connectivity index (χ0v) is 8.60. The summed E-state index contributed by atoms with van der Waals surface area (Å²) in [6, 6.07) is 0. The van der Waals surface area contributed by atoms with Crippen molar-refractivity contribution in [3.05, 3.63) is 6.42 Å². The Labute approximate surface area is 82.1 Å². The minimum absolute atomic E-state index is 0.755. The van der Waals surface area contributed by atoms with E-state index in [0.717, 1.165) is 17.3 Å². The van der Waals surface area contributed by atoms with Crippen molar-refractivity contribution in [1.82, 2.24) is 0 Å². The van der Waals surface area contributed by atoms with E-state index in [1.54, 1.807) is 32.1 Å². The second kappa shape index (κ2) is 3.00. The highest BCUT2D eigenvalue weighted by Crippen LogP contribution is 2.60. The van der Waals surface area contributed by atoms with Gasteiger partial charge in [-0.15, -0.1) is 0 Å². The van der Waals surface area contributed by atoms with E-state index in [0.29, 0.717) is 0 Å². The summed E-state index contributed by atoms with van der Waals surface area (Å²) in [5.74, 6) is 2.19. The first-order valence-electron chi connectivity index (χ1n) is 6.23. The van der Waals surface area contributed by atoms with Crippen LogP contribution in [0.25, 0.3) is 0 Å². The van der Waals surface area contributed by atoms with Gasteiger partial charge in [-0.05, 0) is 62.2 Å². The van der Waals surface area contributed by atoms with Crippen LogP contribution in [-0.4, -0.2) is 0 Å². The van der Waals surface area contributed by atoms with Gasteiger partial charge < -0.3 is 0 Å². The molecule has 0 amide bonds. The molecule has 1 radical (unpaired) electrons. The molecule has 0 nitrogen and oxygen atoms in total. The summed E-state index contributed by atoms with van der Waals surface area (Å²) >= 11 is 0. The molecule has 3 fully saturated rings. The molecule has 2 atom stereocenters. The van der Waals surface area contributed by atoms with E-state index in [-0.39, 0.29) is 0 Å². The van der Waals surface area contributed by atoms with Crippen LogP contribution in [-0.2, 0) is 0 Å². The largest absolute Gasteiger partial charge is 0.0533 e. The normalized spacial score (nSPS) is 45.7. The minimum atomic E-state index is 0.755. The highest BCUT2D eigenvalue weighted by atomic mass is 14.5. The molecule has 2 unspecified atom stereocenters. The topological polar surface area (TPSA) is 0 Å². The number of hydrogen-bond donors (Lipinski definition) is 0. The van der Waals surface area contributed by atoms with Crippen molar-refractivity contribution >= 4 is 0 Å². The average molecular weight is 177 g/mol. The smallest absolute Gasteiger partial charge is 0.0235 e. The van der Waals surface area contributed by atoms with E-state index < -0.39 is 0 Å². The van der Waals surface area contributed by atoms with Crippen LogP contribution in [0.5, 0.6) is 0 Å². The molecule has 3 aliphatic carbocycles. The maximum absolute atomic E-state index is 2.72. The monoisotopic (exact) mass is 177 g/mol. The molecule has 73 valence electrons. The summed E-state index contributed by atoms with van der Waals surface area (Å²) in [7, 11) is 0. The molecule has 2 bridgehead atoms. The molecule has 0 saturated heterocycles. The minimum Gasteiger partial charge on any atom is -0.0533 e. The number of hydrogen-bond acceptors (Lipinski definition) is 0. The van der Waals surface area contributed by atoms with E-state index in [2.05, 4.69) is 6.42 Å². The van der Waals surface area contributed by atoms with E-state index in [9.17, 15) is 0 Å². The summed E-state index contributed by atoms with van der Waals surface area (Å²) in [4.78, 5) is 0. The van der Waals surface area contributed by atoms with Gasteiger partial charge in [-0.2, -0.15) is 0 Å². The molecule has 3 rings (SSSR count). The van der Waals surface area contributed by atoms with Gasteiger partial charge in [0.15, 0.2) is 0 Å². The zero-order chi connectivity index (χ0) is 8.73. The summed E-state index contributed by atoms with van der Waals surface area (Å²) in [6.07, 6.45) is 16.5. The van der Waals surface area contributed by atoms with Crippen LogP contribution in [0.15, 0.2) is 0 Å². The molecule has 0 aromatic heterocycles. The Bertz CT molecular complexity index is 180. The molecule has 0 aromatic rings. The summed E-state index contributed by atoms with van der Waals surface area (Å²) in [6.45, 7) is 0. The first kappa shape index (κ1) is 8.32. The Balaban J connectivity index is 1.75. The van der Waals surface area contributed by atoms with Gasteiger partial charge in [0.2, 0.25) is 0 Å². The molecule has 0 heteroatoms. The van der Waals surface area contributed by atoms with Gasteiger partial charge in [0.1, 0.15) is 0 Å². The van der Waals surface area contributed by atoms with Crippen molar-refractivity contribution < 1.29 is 0 Å². The molecule has 13 heavy (non-hydrogen) atoms. The third-order valence-corrected chi connectivity index (χ3v) is 4.96. The zero-order valence-electron chi connectivity index (χ0n) is 8.60. The van der Waals surface area contributed by atoms with Crippen LogP contribution < -0.4 is 0 Å². The molecular weight excluding hydrogens is 156 g/mol. The molecule has 0 aliphatic heterocycles. The molecule has 0 heterocycles. The number of fused-ring (bicyclic) bond motifs is 2. The fourth-order valence-electron chi connectivity index (χ4n) is 4.22. The Morgan fingerprint density at radius 3 is 2.38 bits per heavy atom. The first-order chi connectivity index (χ1) is 6.39. The average Bonchev–Trinajstić information content (AvgIpc) is 2.80. The Kier molecular flexibility index (Phi) is 1.92. The lowest BCUT2D eigenvalue weighted by atomic mass is 9.67. The number of rotatable bonds is 1. The van der Waals surface area contributed by atoms with E-state index in [4.69, 9.17) is 0 Å². The van der Waals surface area contributed by atoms with E-state index >= 15 is 0 Å². The van der Waals surface area contributed by atoms with Gasteiger partial charge in [-0.3, -0.25) is 0 Å². The van der Waals surface area contributed by atoms with Crippen molar-refractivity contribution in [3.8, 4) is 0 Å². The van der Waals surface area contributed by atoms with Crippen LogP contribution >= 0.6 is 0 Å². The summed E-state index contributed by atoms with van der Waals surface area (Å²) in [5.41, 5.74) is 0.755. The quantitative estimate of drug-likeness (QED) is 0.568. The van der Waals surface area contributed by atoms with E-state index in [1.807, 2.05) is 0 Å². The Hall–Kier alpha value is 0. The van der Waals surface area contributed by atoms with E-state index in [1.165, 1.54) is 25.7 Å². The molecule has 0 N–H and O–H groups in total. The van der Waals surface area contributed by atoms with Crippen molar-refractivity contribution in [2.75, 3.05) is 0 Å². The van der Waals surface area contributed by atoms with Gasteiger partial charge in [0, 0.05) is 0 Å². The van der Waals surface area contributed by atoms with Gasteiger partial charge in [-0.1, -0.05) is 19.3 Å². The van der Waals surface area contributed by atoms with Crippen LogP contribution in [0.3, 0.4) is 0 Å². The standard InChI is InChI=1S/C13H21/c1-2-4-12(5-3-1)13-8-6-11(10-13)7-9-13/h8,11-12H,1-7,9-10H2. The summed E-state index contributed by atoms with van der Waals surface area (Å²) in [5, 5.41) is 0. The third-order valence-electron chi connectivity index (χ3n) is 4.96. The maximum atomic E-state index is 2.72. The predicted molar refractivity (Wildman–Crippen MR) is 55.3 cm³/mol. The lowest BCUT2D eigenvalue weighted by Crippen LogP contribution is -2.28. The molecule has 3 saturated carbocycles. The highest BCUT2D eigenvalue weighted by molar-refractivity contribution is 5.09. The van der Waals surface area contributed by atoms with Crippen molar-refractivity contribution in [3.63, 3.8) is 0 Å². The summed E-state index contributed by atoms with van der Waals surface area (Å²) < 4.78 is 0. The van der Waals surface area contributed by atoms with Gasteiger partial charge in [-0.25, -0.2) is 0 Å². The SMILES string of the molecule is [CH]1CC2CCC1(C1CCCCC1)C2. The van der Waals surface area contributed by atoms with Gasteiger partial charge in [0.25, 0.3) is 0 Å². The molecular formula is C13H21. The predicted octanol–water partition coefficient (Wildman–Crippen LogP) is 3.96. The van der Waals surface area contributed by atoms with Crippen LogP contribution in [0, 0.1) is 23.7 Å². The van der Waals surface area contributed by atoms with Gasteiger partial charge >= 0.3 is 0 Å². The first-order valence-corrected chi connectivity index (χ1v) is 6.23. The fraction of sp³-hybridized carbons (Fsp3) is 0.923. The van der Waals surface area contributed by atoms with Crippen molar-refractivity contribution in [1.29, 1.82) is 0 Å². The van der Waals surface area contributed by atoms with Crippen LogP contribution in [0.4, 0.5) is 0 Å². The molecule has 0 aromatic carbocycles. The molecule has 0 spiro atoms. The highest BCUT2D eigenvalue weighted by Gasteiger charge is 2.49. The Morgan fingerprint density at radius 1 is 1.00 bits per heavy atom. The lowest BCUT2D eigenvalue weighted by molar-refractivity contribution is 0.166. The lowest BCUT2D eigenvalue weighted by Gasteiger charge is -2.38. The maximum Gasteiger partial charge on any atom is -0.0235 e. The Morgan fingerprint density at radius 2 is 1.85 bits per heavy atom. The second-order valence-electron chi connectivity index (χ2n) is 5.62. The van der Waals surface area contributed by atoms with Crippen molar-refractivity contribution in [2.24, 2.45) is 17.3 Å².